The lowest BCUT2D eigenvalue weighted by atomic mass is 10.1. The van der Waals surface area contributed by atoms with Crippen LogP contribution in [0.3, 0.4) is 0 Å². The highest BCUT2D eigenvalue weighted by atomic mass is 19.1. The van der Waals surface area contributed by atoms with Crippen molar-refractivity contribution in [1.29, 1.82) is 0 Å². The highest BCUT2D eigenvalue weighted by Crippen LogP contribution is 2.33. The van der Waals surface area contributed by atoms with Crippen LogP contribution in [0, 0.1) is 11.6 Å². The number of benzene rings is 1. The molecule has 2 aromatic rings. The van der Waals surface area contributed by atoms with Crippen LogP contribution in [0.25, 0.3) is 11.4 Å². The second kappa shape index (κ2) is 4.48. The van der Waals surface area contributed by atoms with Crippen molar-refractivity contribution in [2.24, 2.45) is 0 Å². The van der Waals surface area contributed by atoms with E-state index in [9.17, 15) is 8.78 Å². The summed E-state index contributed by atoms with van der Waals surface area (Å²) in [5, 5.41) is 6.83. The zero-order valence-electron chi connectivity index (χ0n) is 9.79. The van der Waals surface area contributed by atoms with Gasteiger partial charge in [-0.2, -0.15) is 5.10 Å². The van der Waals surface area contributed by atoms with Crippen molar-refractivity contribution in [3.05, 3.63) is 35.7 Å². The molecule has 1 aliphatic carbocycles. The van der Waals surface area contributed by atoms with Crippen molar-refractivity contribution in [3.63, 3.8) is 0 Å². The smallest absolute Gasteiger partial charge is 0.184 e. The minimum Gasteiger partial charge on any atom is -0.262 e. The highest BCUT2D eigenvalue weighted by molar-refractivity contribution is 5.55. The average molecular weight is 249 g/mol. The lowest BCUT2D eigenvalue weighted by molar-refractivity contribution is 0.602. The first kappa shape index (κ1) is 11.3. The molecule has 0 saturated heterocycles. The van der Waals surface area contributed by atoms with E-state index in [0.29, 0.717) is 5.92 Å². The van der Waals surface area contributed by atoms with Crippen molar-refractivity contribution >= 4 is 0 Å². The molecule has 3 rings (SSSR count). The molecule has 5 heteroatoms. The van der Waals surface area contributed by atoms with Gasteiger partial charge in [0.1, 0.15) is 17.5 Å². The average Bonchev–Trinajstić information content (AvgIpc) is 3.00. The van der Waals surface area contributed by atoms with Gasteiger partial charge in [0.2, 0.25) is 0 Å². The Morgan fingerprint density at radius 2 is 1.94 bits per heavy atom. The van der Waals surface area contributed by atoms with Crippen LogP contribution < -0.4 is 0 Å². The summed E-state index contributed by atoms with van der Waals surface area (Å²) in [6, 6.07) is 3.30. The molecule has 0 amide bonds. The van der Waals surface area contributed by atoms with E-state index in [1.807, 2.05) is 0 Å². The third-order valence-corrected chi connectivity index (χ3v) is 3.41. The molecule has 94 valence electrons. The van der Waals surface area contributed by atoms with Gasteiger partial charge >= 0.3 is 0 Å². The molecule has 1 saturated carbocycles. The largest absolute Gasteiger partial charge is 0.262 e. The van der Waals surface area contributed by atoms with Crippen molar-refractivity contribution < 1.29 is 8.78 Å². The topological polar surface area (TPSA) is 41.6 Å². The van der Waals surface area contributed by atoms with Crippen LogP contribution in [0.15, 0.2) is 18.2 Å². The summed E-state index contributed by atoms with van der Waals surface area (Å²) in [5.74, 6) is 0.398. The molecule has 0 unspecified atom stereocenters. The Hall–Kier alpha value is -1.78. The molecule has 0 spiro atoms. The predicted molar refractivity (Wildman–Crippen MR) is 62.9 cm³/mol. The summed E-state index contributed by atoms with van der Waals surface area (Å²) < 4.78 is 26.7. The summed E-state index contributed by atoms with van der Waals surface area (Å²) in [6.07, 6.45) is 4.55. The third kappa shape index (κ3) is 2.00. The fourth-order valence-corrected chi connectivity index (χ4v) is 2.45. The lowest BCUT2D eigenvalue weighted by Gasteiger charge is -2.02. The van der Waals surface area contributed by atoms with E-state index in [0.717, 1.165) is 36.9 Å². The second-order valence-corrected chi connectivity index (χ2v) is 4.65. The maximum Gasteiger partial charge on any atom is 0.184 e. The first-order valence-electron chi connectivity index (χ1n) is 6.12. The standard InChI is InChI=1S/C13H13F2N3/c14-9-5-6-11(15)10(7-9)13-16-12(17-18-13)8-3-1-2-4-8/h5-8H,1-4H2,(H,16,17,18). The fraction of sp³-hybridized carbons (Fsp3) is 0.385. The second-order valence-electron chi connectivity index (χ2n) is 4.65. The number of rotatable bonds is 2. The fourth-order valence-electron chi connectivity index (χ4n) is 2.45. The number of nitrogens with zero attached hydrogens (tertiary/aromatic N) is 2. The van der Waals surface area contributed by atoms with Crippen LogP contribution in [-0.4, -0.2) is 15.2 Å². The van der Waals surface area contributed by atoms with Crippen LogP contribution in [0.1, 0.15) is 37.4 Å². The van der Waals surface area contributed by atoms with E-state index < -0.39 is 11.6 Å². The molecule has 0 atom stereocenters. The molecule has 1 N–H and O–H groups in total. The van der Waals surface area contributed by atoms with Gasteiger partial charge in [0, 0.05) is 5.92 Å². The Bertz CT molecular complexity index is 559. The molecule has 0 radical (unpaired) electrons. The van der Waals surface area contributed by atoms with Crippen LogP contribution in [0.2, 0.25) is 0 Å². The minimum atomic E-state index is -0.506. The van der Waals surface area contributed by atoms with Gasteiger partial charge in [-0.05, 0) is 31.0 Å². The van der Waals surface area contributed by atoms with Crippen LogP contribution >= 0.6 is 0 Å². The highest BCUT2D eigenvalue weighted by Gasteiger charge is 2.21. The third-order valence-electron chi connectivity index (χ3n) is 3.41. The molecule has 0 bridgehead atoms. The predicted octanol–water partition coefficient (Wildman–Crippen LogP) is 3.41. The quantitative estimate of drug-likeness (QED) is 0.886. The van der Waals surface area contributed by atoms with Gasteiger partial charge in [0.25, 0.3) is 0 Å². The van der Waals surface area contributed by atoms with Crippen molar-refractivity contribution in [1.82, 2.24) is 15.2 Å². The Balaban J connectivity index is 1.94. The van der Waals surface area contributed by atoms with E-state index in [1.54, 1.807) is 0 Å². The van der Waals surface area contributed by atoms with Crippen molar-refractivity contribution in [2.75, 3.05) is 0 Å². The van der Waals surface area contributed by atoms with E-state index in [1.165, 1.54) is 12.8 Å². The Morgan fingerprint density at radius 1 is 1.17 bits per heavy atom. The Labute approximate surface area is 103 Å². The van der Waals surface area contributed by atoms with Gasteiger partial charge in [-0.3, -0.25) is 5.10 Å². The lowest BCUT2D eigenvalue weighted by Crippen LogP contribution is -1.95. The normalized spacial score (nSPS) is 16.3. The number of hydrogen-bond donors (Lipinski definition) is 1. The van der Waals surface area contributed by atoms with Gasteiger partial charge in [0.15, 0.2) is 5.82 Å². The van der Waals surface area contributed by atoms with E-state index in [4.69, 9.17) is 0 Å². The maximum atomic E-state index is 13.6. The van der Waals surface area contributed by atoms with Gasteiger partial charge in [-0.15, -0.1) is 0 Å². The van der Waals surface area contributed by atoms with Crippen LogP contribution in [0.4, 0.5) is 8.78 Å². The van der Waals surface area contributed by atoms with E-state index in [2.05, 4.69) is 15.2 Å². The van der Waals surface area contributed by atoms with Gasteiger partial charge in [0.05, 0.1) is 5.56 Å². The van der Waals surface area contributed by atoms with Gasteiger partial charge in [-0.1, -0.05) is 12.8 Å². The number of halogens is 2. The summed E-state index contributed by atoms with van der Waals surface area (Å²) in [5.41, 5.74) is 0.107. The summed E-state index contributed by atoms with van der Waals surface area (Å²) in [7, 11) is 0. The zero-order chi connectivity index (χ0) is 12.5. The Morgan fingerprint density at radius 3 is 2.72 bits per heavy atom. The van der Waals surface area contributed by atoms with Crippen LogP contribution in [-0.2, 0) is 0 Å². The molecule has 1 fully saturated rings. The molecular weight excluding hydrogens is 236 g/mol. The molecule has 0 aliphatic heterocycles. The number of aromatic amines is 1. The summed E-state index contributed by atoms with van der Waals surface area (Å²) >= 11 is 0. The first-order chi connectivity index (χ1) is 8.74. The number of hydrogen-bond acceptors (Lipinski definition) is 2. The summed E-state index contributed by atoms with van der Waals surface area (Å²) in [4.78, 5) is 4.29. The number of H-pyrrole nitrogens is 1. The monoisotopic (exact) mass is 249 g/mol. The van der Waals surface area contributed by atoms with E-state index >= 15 is 0 Å². The zero-order valence-corrected chi connectivity index (χ0v) is 9.79. The molecule has 1 aromatic heterocycles. The minimum absolute atomic E-state index is 0.107. The molecule has 3 nitrogen and oxygen atoms in total. The van der Waals surface area contributed by atoms with Gasteiger partial charge < -0.3 is 0 Å². The molecule has 1 aromatic carbocycles. The first-order valence-corrected chi connectivity index (χ1v) is 6.12. The van der Waals surface area contributed by atoms with Crippen molar-refractivity contribution in [2.45, 2.75) is 31.6 Å². The number of aromatic nitrogens is 3. The summed E-state index contributed by atoms with van der Waals surface area (Å²) in [6.45, 7) is 0. The molecular formula is C13H13F2N3. The van der Waals surface area contributed by atoms with Gasteiger partial charge in [-0.25, -0.2) is 13.8 Å². The maximum absolute atomic E-state index is 13.6. The SMILES string of the molecule is Fc1ccc(F)c(-c2n[nH]c(C3CCCC3)n2)c1. The number of nitrogens with one attached hydrogen (secondary N) is 1. The molecule has 1 heterocycles. The molecule has 18 heavy (non-hydrogen) atoms. The van der Waals surface area contributed by atoms with Crippen LogP contribution in [0.5, 0.6) is 0 Å². The van der Waals surface area contributed by atoms with E-state index in [-0.39, 0.29) is 11.4 Å². The van der Waals surface area contributed by atoms with Crippen molar-refractivity contribution in [3.8, 4) is 11.4 Å². The Kier molecular flexibility index (Phi) is 2.81. The molecule has 1 aliphatic rings.